The van der Waals surface area contributed by atoms with Crippen LogP contribution in [0.3, 0.4) is 0 Å². The number of aromatic nitrogens is 1. The molecule has 0 saturated heterocycles. The largest absolute Gasteiger partial charge is 0.387 e. The molecular formula is C8H10N4O. The van der Waals surface area contributed by atoms with E-state index in [4.69, 9.17) is 5.53 Å². The minimum atomic E-state index is -0.647. The number of nitrogens with zero attached hydrogens (tertiary/aromatic N) is 4. The highest BCUT2D eigenvalue weighted by atomic mass is 16.3. The van der Waals surface area contributed by atoms with E-state index >= 15 is 0 Å². The molecule has 1 aromatic heterocycles. The monoisotopic (exact) mass is 178 g/mol. The fraction of sp³-hybridized carbons (Fsp3) is 0.375. The second kappa shape index (κ2) is 5.13. The van der Waals surface area contributed by atoms with Crippen LogP contribution >= 0.6 is 0 Å². The summed E-state index contributed by atoms with van der Waals surface area (Å²) >= 11 is 0. The van der Waals surface area contributed by atoms with E-state index in [1.165, 1.54) is 0 Å². The maximum atomic E-state index is 9.50. The van der Waals surface area contributed by atoms with Gasteiger partial charge in [-0.25, -0.2) is 0 Å². The summed E-state index contributed by atoms with van der Waals surface area (Å²) in [4.78, 5) is 6.57. The topological polar surface area (TPSA) is 81.9 Å². The zero-order chi connectivity index (χ0) is 9.52. The van der Waals surface area contributed by atoms with Crippen LogP contribution in [0.15, 0.2) is 29.5 Å². The van der Waals surface area contributed by atoms with E-state index in [1.807, 2.05) is 0 Å². The van der Waals surface area contributed by atoms with Gasteiger partial charge in [0.15, 0.2) is 0 Å². The van der Waals surface area contributed by atoms with Crippen molar-refractivity contribution in [1.29, 1.82) is 0 Å². The smallest absolute Gasteiger partial charge is 0.0961 e. The Morgan fingerprint density at radius 1 is 1.62 bits per heavy atom. The quantitative estimate of drug-likeness (QED) is 0.433. The third-order valence-corrected chi connectivity index (χ3v) is 1.59. The lowest BCUT2D eigenvalue weighted by Crippen LogP contribution is -2.00. The standard InChI is InChI=1S/C8H10N4O/c9-12-11-6-4-8(13)7-3-1-2-5-10-7/h1-3,5,8,13H,4,6H2. The lowest BCUT2D eigenvalue weighted by Gasteiger charge is -2.06. The SMILES string of the molecule is [N-]=[N+]=NCCC(O)c1ccccn1. The molecule has 0 saturated carbocycles. The molecule has 5 nitrogen and oxygen atoms in total. The van der Waals surface area contributed by atoms with E-state index in [0.717, 1.165) is 0 Å². The van der Waals surface area contributed by atoms with Crippen LogP contribution in [0.1, 0.15) is 18.2 Å². The highest BCUT2D eigenvalue weighted by Crippen LogP contribution is 2.12. The van der Waals surface area contributed by atoms with Crippen molar-refractivity contribution >= 4 is 0 Å². The van der Waals surface area contributed by atoms with Gasteiger partial charge in [-0.15, -0.1) is 0 Å². The predicted octanol–water partition coefficient (Wildman–Crippen LogP) is 1.82. The Morgan fingerprint density at radius 2 is 2.46 bits per heavy atom. The van der Waals surface area contributed by atoms with Gasteiger partial charge in [0.05, 0.1) is 11.8 Å². The Labute approximate surface area is 75.7 Å². The van der Waals surface area contributed by atoms with Crippen LogP contribution in [-0.4, -0.2) is 16.6 Å². The van der Waals surface area contributed by atoms with Crippen molar-refractivity contribution in [2.45, 2.75) is 12.5 Å². The molecular weight excluding hydrogens is 168 g/mol. The summed E-state index contributed by atoms with van der Waals surface area (Å²) in [5.41, 5.74) is 8.62. The van der Waals surface area contributed by atoms with Crippen molar-refractivity contribution in [3.05, 3.63) is 40.5 Å². The zero-order valence-corrected chi connectivity index (χ0v) is 7.04. The molecule has 0 aliphatic carbocycles. The summed E-state index contributed by atoms with van der Waals surface area (Å²) in [6.07, 6.45) is 1.37. The Hall–Kier alpha value is -1.58. The number of azide groups is 1. The Balaban J connectivity index is 2.48. The van der Waals surface area contributed by atoms with E-state index in [-0.39, 0.29) is 6.54 Å². The molecule has 1 N–H and O–H groups in total. The summed E-state index contributed by atoms with van der Waals surface area (Å²) in [6.45, 7) is 0.286. The summed E-state index contributed by atoms with van der Waals surface area (Å²) in [7, 11) is 0. The van der Waals surface area contributed by atoms with Crippen molar-refractivity contribution in [2.75, 3.05) is 6.54 Å². The molecule has 1 aromatic rings. The van der Waals surface area contributed by atoms with Crippen LogP contribution in [0, 0.1) is 0 Å². The molecule has 68 valence electrons. The second-order valence-corrected chi connectivity index (χ2v) is 2.51. The van der Waals surface area contributed by atoms with Gasteiger partial charge in [0.2, 0.25) is 0 Å². The van der Waals surface area contributed by atoms with E-state index < -0.39 is 6.10 Å². The van der Waals surface area contributed by atoms with Gasteiger partial charge >= 0.3 is 0 Å². The Kier molecular flexibility index (Phi) is 3.75. The highest BCUT2D eigenvalue weighted by molar-refractivity contribution is 5.06. The third kappa shape index (κ3) is 3.11. The molecule has 0 aromatic carbocycles. The lowest BCUT2D eigenvalue weighted by atomic mass is 10.2. The third-order valence-electron chi connectivity index (χ3n) is 1.59. The number of hydrogen-bond donors (Lipinski definition) is 1. The van der Waals surface area contributed by atoms with Crippen molar-refractivity contribution < 1.29 is 5.11 Å². The van der Waals surface area contributed by atoms with Gasteiger partial charge in [0, 0.05) is 17.7 Å². The molecule has 0 aliphatic heterocycles. The molecule has 13 heavy (non-hydrogen) atoms. The van der Waals surface area contributed by atoms with Gasteiger partial charge < -0.3 is 5.11 Å². The first-order chi connectivity index (χ1) is 6.34. The fourth-order valence-corrected chi connectivity index (χ4v) is 0.946. The molecule has 0 fully saturated rings. The van der Waals surface area contributed by atoms with Crippen LogP contribution < -0.4 is 0 Å². The molecule has 0 spiro atoms. The van der Waals surface area contributed by atoms with Crippen molar-refractivity contribution in [3.8, 4) is 0 Å². The number of hydrogen-bond acceptors (Lipinski definition) is 3. The van der Waals surface area contributed by atoms with E-state index in [9.17, 15) is 5.11 Å². The number of pyridine rings is 1. The average molecular weight is 178 g/mol. The Morgan fingerprint density at radius 3 is 3.08 bits per heavy atom. The Bertz CT molecular complexity index is 294. The normalized spacial score (nSPS) is 11.8. The van der Waals surface area contributed by atoms with Crippen molar-refractivity contribution in [1.82, 2.24) is 4.98 Å². The first kappa shape index (κ1) is 9.51. The van der Waals surface area contributed by atoms with Crippen LogP contribution in [0.25, 0.3) is 10.4 Å². The summed E-state index contributed by atoms with van der Waals surface area (Å²) in [5, 5.41) is 12.8. The molecule has 0 bridgehead atoms. The molecule has 1 heterocycles. The number of aliphatic hydroxyl groups excluding tert-OH is 1. The minimum Gasteiger partial charge on any atom is -0.387 e. The maximum absolute atomic E-state index is 9.50. The van der Waals surface area contributed by atoms with Gasteiger partial charge in [0.1, 0.15) is 0 Å². The zero-order valence-electron chi connectivity index (χ0n) is 7.04. The predicted molar refractivity (Wildman–Crippen MR) is 47.8 cm³/mol. The van der Waals surface area contributed by atoms with Crippen LogP contribution in [0.2, 0.25) is 0 Å². The van der Waals surface area contributed by atoms with Crippen LogP contribution in [-0.2, 0) is 0 Å². The number of aliphatic hydroxyl groups is 1. The first-order valence-electron chi connectivity index (χ1n) is 3.94. The first-order valence-corrected chi connectivity index (χ1v) is 3.94. The van der Waals surface area contributed by atoms with Gasteiger partial charge in [-0.2, -0.15) is 0 Å². The minimum absolute atomic E-state index is 0.286. The molecule has 0 amide bonds. The van der Waals surface area contributed by atoms with E-state index in [2.05, 4.69) is 15.0 Å². The average Bonchev–Trinajstić information content (AvgIpc) is 2.19. The van der Waals surface area contributed by atoms with Crippen molar-refractivity contribution in [3.63, 3.8) is 0 Å². The highest BCUT2D eigenvalue weighted by Gasteiger charge is 2.06. The number of rotatable bonds is 4. The molecule has 5 heteroatoms. The molecule has 0 radical (unpaired) electrons. The lowest BCUT2D eigenvalue weighted by molar-refractivity contribution is 0.165. The van der Waals surface area contributed by atoms with Crippen molar-refractivity contribution in [2.24, 2.45) is 5.11 Å². The summed E-state index contributed by atoms with van der Waals surface area (Å²) < 4.78 is 0. The maximum Gasteiger partial charge on any atom is 0.0961 e. The fourth-order valence-electron chi connectivity index (χ4n) is 0.946. The summed E-state index contributed by atoms with van der Waals surface area (Å²) in [6, 6.07) is 5.32. The second-order valence-electron chi connectivity index (χ2n) is 2.51. The molecule has 1 atom stereocenters. The molecule has 1 rings (SSSR count). The molecule has 1 unspecified atom stereocenters. The summed E-state index contributed by atoms with van der Waals surface area (Å²) in [5.74, 6) is 0. The van der Waals surface area contributed by atoms with E-state index in [1.54, 1.807) is 24.4 Å². The van der Waals surface area contributed by atoms with E-state index in [0.29, 0.717) is 12.1 Å². The molecule has 0 aliphatic rings. The van der Waals surface area contributed by atoms with Gasteiger partial charge in [-0.3, -0.25) is 4.98 Å². The van der Waals surface area contributed by atoms with Gasteiger partial charge in [0.25, 0.3) is 0 Å². The van der Waals surface area contributed by atoms with Crippen LogP contribution in [0.5, 0.6) is 0 Å². The van der Waals surface area contributed by atoms with Crippen LogP contribution in [0.4, 0.5) is 0 Å². The van der Waals surface area contributed by atoms with Gasteiger partial charge in [-0.05, 0) is 24.1 Å². The van der Waals surface area contributed by atoms with Gasteiger partial charge in [-0.1, -0.05) is 11.2 Å².